The number of hydrogen-bond donors (Lipinski definition) is 1. The highest BCUT2D eigenvalue weighted by atomic mass is 35.5. The second kappa shape index (κ2) is 5.77. The van der Waals surface area contributed by atoms with E-state index in [0.717, 1.165) is 16.2 Å². The molecule has 0 saturated carbocycles. The van der Waals surface area contributed by atoms with Crippen LogP contribution in [0.1, 0.15) is 6.92 Å². The van der Waals surface area contributed by atoms with Crippen molar-refractivity contribution in [1.29, 1.82) is 5.26 Å². The number of rotatable bonds is 3. The summed E-state index contributed by atoms with van der Waals surface area (Å²) in [6.45, 7) is 4.07. The molecule has 0 aliphatic carbocycles. The maximum atomic E-state index is 12.4. The van der Waals surface area contributed by atoms with Crippen LogP contribution in [0.3, 0.4) is 0 Å². The van der Waals surface area contributed by atoms with Crippen LogP contribution in [0.25, 0.3) is 0 Å². The van der Waals surface area contributed by atoms with E-state index < -0.39 is 10.0 Å². The smallest absolute Gasteiger partial charge is 0.253 e. The fraction of sp³-hybridized carbons (Fsp3) is 0.545. The Hall–Kier alpha value is -0.650. The van der Waals surface area contributed by atoms with Crippen LogP contribution < -0.4 is 4.90 Å². The van der Waals surface area contributed by atoms with Crippen molar-refractivity contribution in [2.24, 2.45) is 0 Å². The van der Waals surface area contributed by atoms with E-state index in [1.807, 2.05) is 6.92 Å². The Morgan fingerprint density at radius 2 is 2.11 bits per heavy atom. The molecule has 2 rings (SSSR count). The summed E-state index contributed by atoms with van der Waals surface area (Å²) in [5.41, 5.74) is 0. The molecule has 1 saturated heterocycles. The lowest BCUT2D eigenvalue weighted by molar-refractivity contribution is -0.918. The predicted molar refractivity (Wildman–Crippen MR) is 73.9 cm³/mol. The minimum Gasteiger partial charge on any atom is -0.319 e. The molecule has 1 fully saturated rings. The van der Waals surface area contributed by atoms with E-state index in [1.165, 1.54) is 4.31 Å². The average Bonchev–Trinajstić information content (AvgIpc) is 2.85. The van der Waals surface area contributed by atoms with Crippen molar-refractivity contribution in [3.05, 3.63) is 16.5 Å². The fourth-order valence-corrected chi connectivity index (χ4v) is 5.18. The Balaban J connectivity index is 2.08. The molecule has 0 amide bonds. The van der Waals surface area contributed by atoms with E-state index in [1.54, 1.807) is 12.1 Å². The molecular weight excluding hydrogens is 306 g/mol. The molecule has 0 unspecified atom stereocenters. The number of sulfonamides is 1. The van der Waals surface area contributed by atoms with Crippen LogP contribution in [0.2, 0.25) is 4.34 Å². The van der Waals surface area contributed by atoms with Crippen molar-refractivity contribution in [3.63, 3.8) is 0 Å². The van der Waals surface area contributed by atoms with E-state index in [-0.39, 0.29) is 10.3 Å². The Morgan fingerprint density at radius 1 is 1.47 bits per heavy atom. The van der Waals surface area contributed by atoms with E-state index >= 15 is 0 Å². The molecule has 1 atom stereocenters. The zero-order valence-corrected chi connectivity index (χ0v) is 12.9. The number of nitrogens with one attached hydrogen (secondary N) is 1. The maximum Gasteiger partial charge on any atom is 0.253 e. The van der Waals surface area contributed by atoms with E-state index in [4.69, 9.17) is 16.9 Å². The minimum absolute atomic E-state index is 0.0963. The standard InChI is InChI=1S/C11H14ClN3O2S2/c1-9(8-13)14-4-6-15(7-5-14)19(16,17)11-3-2-10(12)18-11/h2-3,9H,4-7H2,1H3/p+1/t9-/m1/s1. The molecule has 0 radical (unpaired) electrons. The van der Waals surface area contributed by atoms with Gasteiger partial charge in [0.05, 0.1) is 30.5 Å². The second-order valence-corrected chi connectivity index (χ2v) is 8.35. The Labute approximate surface area is 122 Å². The molecule has 1 aliphatic heterocycles. The molecular formula is C11H15ClN3O2S2+. The van der Waals surface area contributed by atoms with Gasteiger partial charge in [-0.1, -0.05) is 11.6 Å². The first kappa shape index (κ1) is 14.8. The van der Waals surface area contributed by atoms with Gasteiger partial charge < -0.3 is 4.90 Å². The van der Waals surface area contributed by atoms with Crippen LogP contribution in [-0.2, 0) is 10.0 Å². The summed E-state index contributed by atoms with van der Waals surface area (Å²) < 4.78 is 26.9. The summed E-state index contributed by atoms with van der Waals surface area (Å²) in [6, 6.07) is 5.24. The number of nitrogens with zero attached hydrogens (tertiary/aromatic N) is 2. The molecule has 0 bridgehead atoms. The normalized spacial score (nSPS) is 20.1. The highest BCUT2D eigenvalue weighted by Gasteiger charge is 2.32. The van der Waals surface area contributed by atoms with Crippen molar-refractivity contribution in [1.82, 2.24) is 4.31 Å². The lowest BCUT2D eigenvalue weighted by Gasteiger charge is -2.32. The Morgan fingerprint density at radius 3 is 2.58 bits per heavy atom. The third kappa shape index (κ3) is 3.09. The zero-order chi connectivity index (χ0) is 14.0. The van der Waals surface area contributed by atoms with Crippen molar-refractivity contribution >= 4 is 33.0 Å². The van der Waals surface area contributed by atoms with Gasteiger partial charge in [-0.25, -0.2) is 8.42 Å². The van der Waals surface area contributed by atoms with Gasteiger partial charge in [0.25, 0.3) is 10.0 Å². The van der Waals surface area contributed by atoms with Crippen LogP contribution in [0.4, 0.5) is 0 Å². The molecule has 19 heavy (non-hydrogen) atoms. The zero-order valence-electron chi connectivity index (χ0n) is 10.5. The van der Waals surface area contributed by atoms with Gasteiger partial charge in [-0.2, -0.15) is 9.57 Å². The summed E-state index contributed by atoms with van der Waals surface area (Å²) in [4.78, 5) is 1.14. The summed E-state index contributed by atoms with van der Waals surface area (Å²) in [7, 11) is -3.43. The van der Waals surface area contributed by atoms with Crippen LogP contribution >= 0.6 is 22.9 Å². The second-order valence-electron chi connectivity index (χ2n) is 4.47. The van der Waals surface area contributed by atoms with Gasteiger partial charge in [-0.3, -0.25) is 0 Å². The molecule has 104 valence electrons. The van der Waals surface area contributed by atoms with Crippen molar-refractivity contribution in [2.45, 2.75) is 17.2 Å². The monoisotopic (exact) mass is 320 g/mol. The molecule has 1 aromatic rings. The van der Waals surface area contributed by atoms with Crippen LogP contribution in [0, 0.1) is 11.3 Å². The summed E-state index contributed by atoms with van der Waals surface area (Å²) in [6.07, 6.45) is 0. The summed E-state index contributed by atoms with van der Waals surface area (Å²) in [5, 5.41) is 8.88. The van der Waals surface area contributed by atoms with Gasteiger partial charge in [-0.05, 0) is 12.1 Å². The van der Waals surface area contributed by atoms with Gasteiger partial charge >= 0.3 is 0 Å². The Bertz CT molecular complexity index is 585. The van der Waals surface area contributed by atoms with Crippen molar-refractivity contribution in [2.75, 3.05) is 26.2 Å². The highest BCUT2D eigenvalue weighted by molar-refractivity contribution is 7.91. The lowest BCUT2D eigenvalue weighted by atomic mass is 10.2. The molecule has 2 heterocycles. The van der Waals surface area contributed by atoms with Crippen LogP contribution in [0.5, 0.6) is 0 Å². The minimum atomic E-state index is -3.43. The van der Waals surface area contributed by atoms with Crippen LogP contribution in [-0.4, -0.2) is 44.9 Å². The number of quaternary nitrogens is 1. The average molecular weight is 321 g/mol. The van der Waals surface area contributed by atoms with E-state index in [2.05, 4.69) is 6.07 Å². The first-order chi connectivity index (χ1) is 8.95. The summed E-state index contributed by atoms with van der Waals surface area (Å²) >= 11 is 6.86. The van der Waals surface area contributed by atoms with Gasteiger partial charge in [0.15, 0.2) is 6.04 Å². The number of hydrogen-bond acceptors (Lipinski definition) is 4. The van der Waals surface area contributed by atoms with Crippen molar-refractivity contribution in [3.8, 4) is 6.07 Å². The topological polar surface area (TPSA) is 65.6 Å². The number of halogens is 1. The SMILES string of the molecule is C[C@H](C#N)[NH+]1CCN(S(=O)(=O)c2ccc(Cl)s2)CC1. The molecule has 1 aliphatic rings. The molecule has 1 aromatic heterocycles. The number of thiophene rings is 1. The maximum absolute atomic E-state index is 12.4. The third-order valence-corrected chi connectivity index (χ3v) is 6.91. The molecule has 0 spiro atoms. The van der Waals surface area contributed by atoms with E-state index in [9.17, 15) is 8.42 Å². The molecule has 1 N–H and O–H groups in total. The van der Waals surface area contributed by atoms with Gasteiger partial charge in [-0.15, -0.1) is 11.3 Å². The van der Waals surface area contributed by atoms with Gasteiger partial charge in [0.1, 0.15) is 10.3 Å². The largest absolute Gasteiger partial charge is 0.319 e. The van der Waals surface area contributed by atoms with Crippen LogP contribution in [0.15, 0.2) is 16.3 Å². The summed E-state index contributed by atoms with van der Waals surface area (Å²) in [5.74, 6) is 0. The predicted octanol–water partition coefficient (Wildman–Crippen LogP) is 0.203. The molecule has 5 nitrogen and oxygen atoms in total. The quantitative estimate of drug-likeness (QED) is 0.865. The lowest BCUT2D eigenvalue weighted by Crippen LogP contribution is -3.17. The third-order valence-electron chi connectivity index (χ3n) is 3.31. The van der Waals surface area contributed by atoms with Gasteiger partial charge in [0.2, 0.25) is 0 Å². The van der Waals surface area contributed by atoms with E-state index in [0.29, 0.717) is 30.5 Å². The first-order valence-electron chi connectivity index (χ1n) is 5.95. The Kier molecular flexibility index (Phi) is 4.48. The van der Waals surface area contributed by atoms with Crippen molar-refractivity contribution < 1.29 is 13.3 Å². The highest BCUT2D eigenvalue weighted by Crippen LogP contribution is 2.27. The number of piperazine rings is 1. The fourth-order valence-electron chi connectivity index (χ4n) is 2.10. The molecule has 8 heteroatoms. The number of nitriles is 1. The van der Waals surface area contributed by atoms with Gasteiger partial charge in [0, 0.05) is 6.92 Å². The first-order valence-corrected chi connectivity index (χ1v) is 8.58. The molecule has 0 aromatic carbocycles.